The summed E-state index contributed by atoms with van der Waals surface area (Å²) in [6, 6.07) is 32.1. The van der Waals surface area contributed by atoms with Crippen LogP contribution in [0.4, 0.5) is 0 Å². The van der Waals surface area contributed by atoms with Crippen LogP contribution >= 0.6 is 11.8 Å². The number of hydrogen-bond donors (Lipinski definition) is 2. The highest BCUT2D eigenvalue weighted by molar-refractivity contribution is 8.03. The molecule has 0 saturated carbocycles. The van der Waals surface area contributed by atoms with E-state index in [0.29, 0.717) is 37.3 Å². The molecule has 2 aliphatic rings. The maximum Gasteiger partial charge on any atom is 0.127 e. The van der Waals surface area contributed by atoms with E-state index in [1.165, 1.54) is 42.6 Å². The standard InChI is InChI=1S/C53H73N2O2SSi/c1-39(2)46-22-17-23-47(40(3)24-27-51(7,8)59(44-18-13-11-14-19-44)45-20-15-12-16-21-45)48(46)58-49-42(37-50(5,6)38-53(49,10)30-31-54)25-28-52(9)29-26-43(36-41(52)4)55(32-34-56)33-35-57/h11-23,25-26,28,39-41,56-57H,24,27,29-30,32-38H2,1-10H3/b28-25+. The van der Waals surface area contributed by atoms with Crippen LogP contribution in [-0.2, 0) is 0 Å². The van der Waals surface area contributed by atoms with E-state index in [4.69, 9.17) is 0 Å². The van der Waals surface area contributed by atoms with Gasteiger partial charge in [-0.2, -0.15) is 5.26 Å². The van der Waals surface area contributed by atoms with Crippen molar-refractivity contribution < 1.29 is 10.2 Å². The lowest BCUT2D eigenvalue weighted by atomic mass is 9.64. The van der Waals surface area contributed by atoms with Gasteiger partial charge in [0, 0.05) is 35.5 Å². The highest BCUT2D eigenvalue weighted by atomic mass is 32.2. The zero-order valence-corrected chi connectivity index (χ0v) is 39.8. The summed E-state index contributed by atoms with van der Waals surface area (Å²) in [5, 5.41) is 32.9. The number of thioether (sulfide) groups is 1. The molecule has 0 aliphatic heterocycles. The molecule has 4 nitrogen and oxygen atoms in total. The van der Waals surface area contributed by atoms with Crippen molar-refractivity contribution in [3.63, 3.8) is 0 Å². The summed E-state index contributed by atoms with van der Waals surface area (Å²) in [6.45, 7) is 25.2. The first-order valence-corrected chi connectivity index (χ1v) is 24.5. The molecular weight excluding hydrogens is 757 g/mol. The van der Waals surface area contributed by atoms with Gasteiger partial charge in [-0.1, -0.05) is 188 Å². The van der Waals surface area contributed by atoms with Gasteiger partial charge in [0.1, 0.15) is 8.80 Å². The fraction of sp³-hybridized carbons (Fsp3) is 0.528. The van der Waals surface area contributed by atoms with E-state index < -0.39 is 8.80 Å². The van der Waals surface area contributed by atoms with Crippen LogP contribution in [0.1, 0.15) is 137 Å². The fourth-order valence-corrected chi connectivity index (χ4v) is 15.1. The molecule has 317 valence electrons. The van der Waals surface area contributed by atoms with Crippen LogP contribution < -0.4 is 10.4 Å². The van der Waals surface area contributed by atoms with E-state index >= 15 is 0 Å². The van der Waals surface area contributed by atoms with E-state index in [0.717, 1.165) is 38.5 Å². The number of aliphatic hydroxyl groups is 2. The Balaban J connectivity index is 1.53. The summed E-state index contributed by atoms with van der Waals surface area (Å²) in [5.74, 6) is 1.13. The predicted octanol–water partition coefficient (Wildman–Crippen LogP) is 12.0. The second-order valence-electron chi connectivity index (χ2n) is 20.0. The average molecular weight is 830 g/mol. The van der Waals surface area contributed by atoms with Crippen LogP contribution in [-0.4, -0.2) is 50.2 Å². The second kappa shape index (κ2) is 20.0. The first-order chi connectivity index (χ1) is 28.0. The zero-order chi connectivity index (χ0) is 43.0. The van der Waals surface area contributed by atoms with E-state index in [9.17, 15) is 15.5 Å². The molecule has 0 amide bonds. The normalized spacial score (nSPS) is 22.8. The van der Waals surface area contributed by atoms with Crippen LogP contribution in [0.5, 0.6) is 0 Å². The minimum absolute atomic E-state index is 0.0360. The summed E-state index contributed by atoms with van der Waals surface area (Å²) >= 11 is 1.98. The van der Waals surface area contributed by atoms with Crippen molar-refractivity contribution in [1.82, 2.24) is 4.90 Å². The minimum atomic E-state index is -1.06. The van der Waals surface area contributed by atoms with Gasteiger partial charge in [-0.05, 0) is 93.8 Å². The van der Waals surface area contributed by atoms with Gasteiger partial charge in [-0.15, -0.1) is 0 Å². The Bertz CT molecular complexity index is 1930. The molecule has 5 rings (SSSR count). The Kier molecular flexibility index (Phi) is 15.9. The molecule has 2 N–H and O–H groups in total. The van der Waals surface area contributed by atoms with Crippen LogP contribution in [0.3, 0.4) is 0 Å². The summed E-state index contributed by atoms with van der Waals surface area (Å²) in [4.78, 5) is 4.91. The van der Waals surface area contributed by atoms with Crippen molar-refractivity contribution >= 4 is 30.9 Å². The third-order valence-corrected chi connectivity index (χ3v) is 18.6. The molecule has 0 heterocycles. The molecule has 4 atom stereocenters. The lowest BCUT2D eigenvalue weighted by Gasteiger charge is -2.45. The molecule has 6 heteroatoms. The SMILES string of the molecule is CC(C)c1cccc(C(C)CCC(C)(C)[Si](c2ccccc2)c2ccccc2)c1SC1=C(/C=C/C2(C)CC=C(N(CCO)CCO)CC2C)CC(C)(C)CC1(C)CC#N. The first kappa shape index (κ1) is 46.7. The predicted molar refractivity (Wildman–Crippen MR) is 254 cm³/mol. The quantitative estimate of drug-likeness (QED) is 0.125. The van der Waals surface area contributed by atoms with Gasteiger partial charge in [0.15, 0.2) is 0 Å². The van der Waals surface area contributed by atoms with Crippen LogP contribution in [0.15, 0.2) is 118 Å². The van der Waals surface area contributed by atoms with Crippen molar-refractivity contribution in [2.45, 2.75) is 136 Å². The Morgan fingerprint density at radius 1 is 0.898 bits per heavy atom. The topological polar surface area (TPSA) is 67.5 Å². The maximum absolute atomic E-state index is 10.4. The highest BCUT2D eigenvalue weighted by Crippen LogP contribution is 2.58. The van der Waals surface area contributed by atoms with Gasteiger partial charge in [-0.25, -0.2) is 0 Å². The molecule has 0 fully saturated rings. The highest BCUT2D eigenvalue weighted by Gasteiger charge is 2.43. The monoisotopic (exact) mass is 830 g/mol. The number of allylic oxidation sites excluding steroid dienone is 6. The lowest BCUT2D eigenvalue weighted by molar-refractivity contribution is 0.164. The van der Waals surface area contributed by atoms with E-state index in [2.05, 4.69) is 177 Å². The molecule has 59 heavy (non-hydrogen) atoms. The molecule has 2 aliphatic carbocycles. The zero-order valence-electron chi connectivity index (χ0n) is 37.9. The third-order valence-electron chi connectivity index (χ3n) is 13.5. The largest absolute Gasteiger partial charge is 0.395 e. The smallest absolute Gasteiger partial charge is 0.127 e. The molecule has 0 saturated heterocycles. The number of rotatable bonds is 18. The van der Waals surface area contributed by atoms with E-state index in [1.807, 2.05) is 11.8 Å². The summed E-state index contributed by atoms with van der Waals surface area (Å²) in [5.41, 5.74) is 5.21. The second-order valence-corrected chi connectivity index (χ2v) is 24.3. The van der Waals surface area contributed by atoms with Crippen LogP contribution in [0.25, 0.3) is 0 Å². The number of benzene rings is 3. The fourth-order valence-electron chi connectivity index (χ4n) is 10.1. The summed E-state index contributed by atoms with van der Waals surface area (Å²) in [7, 11) is -1.06. The number of nitrogens with zero attached hydrogens (tertiary/aromatic N) is 2. The van der Waals surface area contributed by atoms with Gasteiger partial charge in [0.05, 0.1) is 19.3 Å². The number of aliphatic hydroxyl groups excluding tert-OH is 2. The third kappa shape index (κ3) is 11.3. The molecule has 1 radical (unpaired) electrons. The lowest BCUT2D eigenvalue weighted by Crippen LogP contribution is -2.50. The summed E-state index contributed by atoms with van der Waals surface area (Å²) in [6.07, 6.45) is 13.8. The number of nitriles is 1. The van der Waals surface area contributed by atoms with Gasteiger partial charge >= 0.3 is 0 Å². The Hall–Kier alpha value is -3.34. The maximum atomic E-state index is 10.4. The molecule has 0 bridgehead atoms. The van der Waals surface area contributed by atoms with Gasteiger partial charge in [-0.3, -0.25) is 0 Å². The van der Waals surface area contributed by atoms with Crippen molar-refractivity contribution in [2.24, 2.45) is 22.2 Å². The average Bonchev–Trinajstić information content (AvgIpc) is 3.19. The molecular formula is C53H73N2O2SSi. The van der Waals surface area contributed by atoms with Gasteiger partial charge < -0.3 is 15.1 Å². The number of hydrogen-bond acceptors (Lipinski definition) is 5. The Morgan fingerprint density at radius 3 is 2.03 bits per heavy atom. The van der Waals surface area contributed by atoms with Crippen LogP contribution in [0.2, 0.25) is 5.04 Å². The first-order valence-electron chi connectivity index (χ1n) is 22.2. The van der Waals surface area contributed by atoms with Gasteiger partial charge in [0.2, 0.25) is 0 Å². The molecule has 4 unspecified atom stereocenters. The van der Waals surface area contributed by atoms with Crippen molar-refractivity contribution in [1.29, 1.82) is 5.26 Å². The molecule has 0 aromatic heterocycles. The van der Waals surface area contributed by atoms with Crippen molar-refractivity contribution in [2.75, 3.05) is 26.3 Å². The van der Waals surface area contributed by atoms with Crippen molar-refractivity contribution in [3.05, 3.63) is 124 Å². The van der Waals surface area contributed by atoms with Crippen LogP contribution in [0, 0.1) is 33.5 Å². The van der Waals surface area contributed by atoms with Gasteiger partial charge in [0.25, 0.3) is 0 Å². The summed E-state index contributed by atoms with van der Waals surface area (Å²) < 4.78 is 0. The van der Waals surface area contributed by atoms with E-state index in [-0.39, 0.29) is 34.5 Å². The molecule has 3 aromatic carbocycles. The Morgan fingerprint density at radius 2 is 1.49 bits per heavy atom. The molecule has 0 spiro atoms. The molecule has 3 aromatic rings. The Labute approximate surface area is 364 Å². The van der Waals surface area contributed by atoms with E-state index in [1.54, 1.807) is 0 Å². The minimum Gasteiger partial charge on any atom is -0.395 e. The van der Waals surface area contributed by atoms with Crippen molar-refractivity contribution in [3.8, 4) is 6.07 Å².